The molecule has 3 aromatic rings. The average Bonchev–Trinajstić information content (AvgIpc) is 2.84. The minimum absolute atomic E-state index is 0.280. The van der Waals surface area contributed by atoms with Crippen molar-refractivity contribution in [3.8, 4) is 0 Å². The van der Waals surface area contributed by atoms with Gasteiger partial charge in [0.25, 0.3) is 0 Å². The fourth-order valence-corrected chi connectivity index (χ4v) is 2.16. The van der Waals surface area contributed by atoms with Crippen LogP contribution in [0.5, 0.6) is 0 Å². The number of nitrogens with zero attached hydrogens (tertiary/aromatic N) is 1. The lowest BCUT2D eigenvalue weighted by Gasteiger charge is -2.11. The van der Waals surface area contributed by atoms with Crippen molar-refractivity contribution in [2.75, 3.05) is 0 Å². The summed E-state index contributed by atoms with van der Waals surface area (Å²) in [5.74, 6) is 1.64. The van der Waals surface area contributed by atoms with Gasteiger partial charge in [-0.25, -0.2) is 0 Å². The lowest BCUT2D eigenvalue weighted by Crippen LogP contribution is -2.11. The Kier molecular flexibility index (Phi) is 2.61. The fraction of sp³-hybridized carbons (Fsp3) is 0.133. The van der Waals surface area contributed by atoms with E-state index in [4.69, 9.17) is 10.2 Å². The third-order valence-electron chi connectivity index (χ3n) is 3.10. The third-order valence-corrected chi connectivity index (χ3v) is 3.10. The number of hydrogen-bond donors (Lipinski definition) is 1. The molecule has 0 radical (unpaired) electrons. The van der Waals surface area contributed by atoms with Gasteiger partial charge in [-0.1, -0.05) is 24.3 Å². The van der Waals surface area contributed by atoms with Gasteiger partial charge in [0.05, 0.1) is 6.04 Å². The van der Waals surface area contributed by atoms with Crippen LogP contribution in [-0.2, 0) is 0 Å². The van der Waals surface area contributed by atoms with Crippen molar-refractivity contribution in [3.05, 3.63) is 65.9 Å². The zero-order chi connectivity index (χ0) is 12.5. The summed E-state index contributed by atoms with van der Waals surface area (Å²) < 4.78 is 5.60. The van der Waals surface area contributed by atoms with Crippen molar-refractivity contribution in [1.29, 1.82) is 0 Å². The molecule has 0 fully saturated rings. The first-order valence-corrected chi connectivity index (χ1v) is 5.90. The lowest BCUT2D eigenvalue weighted by atomic mass is 10.0. The highest BCUT2D eigenvalue weighted by Crippen LogP contribution is 2.27. The van der Waals surface area contributed by atoms with Crippen LogP contribution in [0.1, 0.15) is 23.1 Å². The molecule has 1 unspecified atom stereocenters. The maximum absolute atomic E-state index is 6.26. The molecule has 0 aliphatic rings. The van der Waals surface area contributed by atoms with Crippen LogP contribution in [0, 0.1) is 6.92 Å². The summed E-state index contributed by atoms with van der Waals surface area (Å²) in [6, 6.07) is 11.7. The van der Waals surface area contributed by atoms with Gasteiger partial charge in [0.2, 0.25) is 0 Å². The maximum Gasteiger partial charge on any atom is 0.125 e. The van der Waals surface area contributed by atoms with Crippen LogP contribution in [0.4, 0.5) is 0 Å². The SMILES string of the molecule is Cc1ccc(C(N)c2cncc3ccccc23)o1. The molecule has 2 heterocycles. The Labute approximate surface area is 105 Å². The van der Waals surface area contributed by atoms with Crippen molar-refractivity contribution in [2.24, 2.45) is 5.73 Å². The van der Waals surface area contributed by atoms with E-state index >= 15 is 0 Å². The summed E-state index contributed by atoms with van der Waals surface area (Å²) in [4.78, 5) is 4.24. The van der Waals surface area contributed by atoms with Crippen LogP contribution in [0.2, 0.25) is 0 Å². The van der Waals surface area contributed by atoms with Crippen LogP contribution in [0.25, 0.3) is 10.8 Å². The summed E-state index contributed by atoms with van der Waals surface area (Å²) in [6.45, 7) is 1.91. The van der Waals surface area contributed by atoms with E-state index < -0.39 is 0 Å². The van der Waals surface area contributed by atoms with Crippen LogP contribution in [0.15, 0.2) is 53.2 Å². The van der Waals surface area contributed by atoms with Gasteiger partial charge < -0.3 is 10.2 Å². The largest absolute Gasteiger partial charge is 0.464 e. The van der Waals surface area contributed by atoms with E-state index in [0.717, 1.165) is 27.9 Å². The number of pyridine rings is 1. The van der Waals surface area contributed by atoms with E-state index in [1.54, 1.807) is 0 Å². The topological polar surface area (TPSA) is 52.0 Å². The molecule has 0 spiro atoms. The van der Waals surface area contributed by atoms with Crippen LogP contribution in [-0.4, -0.2) is 4.98 Å². The monoisotopic (exact) mass is 238 g/mol. The first kappa shape index (κ1) is 11.0. The van der Waals surface area contributed by atoms with Crippen LogP contribution < -0.4 is 5.73 Å². The molecule has 0 amide bonds. The Hall–Kier alpha value is -2.13. The van der Waals surface area contributed by atoms with Gasteiger partial charge in [-0.15, -0.1) is 0 Å². The van der Waals surface area contributed by atoms with Gasteiger partial charge in [-0.2, -0.15) is 0 Å². The molecule has 0 saturated carbocycles. The predicted molar refractivity (Wildman–Crippen MR) is 71.2 cm³/mol. The van der Waals surface area contributed by atoms with Crippen molar-refractivity contribution >= 4 is 10.8 Å². The molecular weight excluding hydrogens is 224 g/mol. The highest BCUT2D eigenvalue weighted by Gasteiger charge is 2.15. The zero-order valence-electron chi connectivity index (χ0n) is 10.1. The Bertz CT molecular complexity index is 682. The van der Waals surface area contributed by atoms with E-state index in [-0.39, 0.29) is 6.04 Å². The second kappa shape index (κ2) is 4.27. The number of nitrogens with two attached hydrogens (primary N) is 1. The normalized spacial score (nSPS) is 12.8. The van der Waals surface area contributed by atoms with Gasteiger partial charge in [0.1, 0.15) is 11.5 Å². The summed E-state index contributed by atoms with van der Waals surface area (Å²) in [5.41, 5.74) is 7.25. The third kappa shape index (κ3) is 1.79. The molecule has 90 valence electrons. The molecule has 2 aromatic heterocycles. The summed E-state index contributed by atoms with van der Waals surface area (Å²) >= 11 is 0. The highest BCUT2D eigenvalue weighted by atomic mass is 16.3. The van der Waals surface area contributed by atoms with Crippen molar-refractivity contribution < 1.29 is 4.42 Å². The summed E-state index contributed by atoms with van der Waals surface area (Å²) in [5, 5.41) is 2.21. The van der Waals surface area contributed by atoms with Crippen molar-refractivity contribution in [3.63, 3.8) is 0 Å². The van der Waals surface area contributed by atoms with Gasteiger partial charge in [0.15, 0.2) is 0 Å². The number of rotatable bonds is 2. The van der Waals surface area contributed by atoms with Gasteiger partial charge >= 0.3 is 0 Å². The zero-order valence-corrected chi connectivity index (χ0v) is 10.1. The molecule has 0 saturated heterocycles. The second-order valence-corrected chi connectivity index (χ2v) is 4.38. The van der Waals surface area contributed by atoms with E-state index in [0.29, 0.717) is 0 Å². The Morgan fingerprint density at radius 3 is 2.72 bits per heavy atom. The lowest BCUT2D eigenvalue weighted by molar-refractivity contribution is 0.466. The number of furan rings is 1. The summed E-state index contributed by atoms with van der Waals surface area (Å²) in [7, 11) is 0. The Balaban J connectivity index is 2.14. The van der Waals surface area contributed by atoms with Crippen molar-refractivity contribution in [2.45, 2.75) is 13.0 Å². The fourth-order valence-electron chi connectivity index (χ4n) is 2.16. The van der Waals surface area contributed by atoms with Gasteiger partial charge in [-0.05, 0) is 24.4 Å². The minimum Gasteiger partial charge on any atom is -0.464 e. The van der Waals surface area contributed by atoms with E-state index in [1.165, 1.54) is 0 Å². The standard InChI is InChI=1S/C15H14N2O/c1-10-6-7-14(18-10)15(16)13-9-17-8-11-4-2-3-5-12(11)13/h2-9,15H,16H2,1H3. The number of fused-ring (bicyclic) bond motifs is 1. The van der Waals surface area contributed by atoms with Gasteiger partial charge in [0, 0.05) is 23.3 Å². The molecule has 0 bridgehead atoms. The Morgan fingerprint density at radius 1 is 1.11 bits per heavy atom. The molecule has 3 rings (SSSR count). The first-order valence-electron chi connectivity index (χ1n) is 5.90. The first-order chi connectivity index (χ1) is 8.75. The molecule has 2 N–H and O–H groups in total. The molecular formula is C15H14N2O. The molecule has 3 nitrogen and oxygen atoms in total. The van der Waals surface area contributed by atoms with E-state index in [9.17, 15) is 0 Å². The average molecular weight is 238 g/mol. The smallest absolute Gasteiger partial charge is 0.125 e. The van der Waals surface area contributed by atoms with E-state index in [2.05, 4.69) is 11.1 Å². The molecule has 1 aromatic carbocycles. The molecule has 1 atom stereocenters. The number of aryl methyl sites for hydroxylation is 1. The maximum atomic E-state index is 6.26. The van der Waals surface area contributed by atoms with Crippen LogP contribution >= 0.6 is 0 Å². The van der Waals surface area contributed by atoms with E-state index in [1.807, 2.05) is 49.6 Å². The van der Waals surface area contributed by atoms with Crippen LogP contribution in [0.3, 0.4) is 0 Å². The second-order valence-electron chi connectivity index (χ2n) is 4.38. The number of benzene rings is 1. The Morgan fingerprint density at radius 2 is 1.94 bits per heavy atom. The minimum atomic E-state index is -0.280. The molecule has 18 heavy (non-hydrogen) atoms. The summed E-state index contributed by atoms with van der Waals surface area (Å²) in [6.07, 6.45) is 3.66. The molecule has 0 aliphatic carbocycles. The molecule has 0 aliphatic heterocycles. The van der Waals surface area contributed by atoms with Gasteiger partial charge in [-0.3, -0.25) is 4.98 Å². The number of aromatic nitrogens is 1. The predicted octanol–water partition coefficient (Wildman–Crippen LogP) is 3.18. The highest BCUT2D eigenvalue weighted by molar-refractivity contribution is 5.85. The quantitative estimate of drug-likeness (QED) is 0.746. The van der Waals surface area contributed by atoms with Crippen molar-refractivity contribution in [1.82, 2.24) is 4.98 Å². The number of hydrogen-bond acceptors (Lipinski definition) is 3. The molecule has 3 heteroatoms.